The molecule has 0 radical (unpaired) electrons. The first-order valence-corrected chi connectivity index (χ1v) is 10.1. The van der Waals surface area contributed by atoms with E-state index in [-0.39, 0.29) is 0 Å². The van der Waals surface area contributed by atoms with Gasteiger partial charge in [-0.25, -0.2) is 0 Å². The lowest BCUT2D eigenvalue weighted by molar-refractivity contribution is -0.0462. The zero-order valence-corrected chi connectivity index (χ0v) is 15.2. The van der Waals surface area contributed by atoms with Crippen molar-refractivity contribution in [1.82, 2.24) is 9.80 Å². The Labute approximate surface area is 147 Å². The van der Waals surface area contributed by atoms with Crippen molar-refractivity contribution < 1.29 is 14.9 Å². The van der Waals surface area contributed by atoms with Crippen LogP contribution in [0.4, 0.5) is 0 Å². The van der Waals surface area contributed by atoms with Crippen molar-refractivity contribution >= 4 is 0 Å². The number of β-amino-alcohol motifs (C(OH)–C–C–N with tert-alkyl or cyclic N) is 1. The summed E-state index contributed by atoms with van der Waals surface area (Å²) in [6.07, 6.45) is 8.86. The van der Waals surface area contributed by atoms with E-state index in [9.17, 15) is 10.2 Å². The number of aliphatic hydroxyl groups excluding tert-OH is 1. The van der Waals surface area contributed by atoms with Gasteiger partial charge >= 0.3 is 0 Å². The molecule has 5 nitrogen and oxygen atoms in total. The molecule has 0 amide bonds. The predicted molar refractivity (Wildman–Crippen MR) is 95.1 cm³/mol. The van der Waals surface area contributed by atoms with Crippen LogP contribution in [0.15, 0.2) is 0 Å². The van der Waals surface area contributed by atoms with Crippen molar-refractivity contribution in [2.45, 2.75) is 75.5 Å². The van der Waals surface area contributed by atoms with Crippen LogP contribution in [0, 0.1) is 0 Å². The zero-order chi connectivity index (χ0) is 16.8. The summed E-state index contributed by atoms with van der Waals surface area (Å²) in [7, 11) is 0. The fourth-order valence-electron chi connectivity index (χ4n) is 4.81. The molecular formula is C19H36N2O3. The maximum absolute atomic E-state index is 10.6. The molecule has 2 saturated heterocycles. The molecule has 2 heterocycles. The molecule has 0 aromatic carbocycles. The summed E-state index contributed by atoms with van der Waals surface area (Å²) >= 11 is 0. The molecule has 1 unspecified atom stereocenters. The summed E-state index contributed by atoms with van der Waals surface area (Å²) in [4.78, 5) is 4.99. The monoisotopic (exact) mass is 340 g/mol. The second-order valence-electron chi connectivity index (χ2n) is 8.18. The van der Waals surface area contributed by atoms with Crippen molar-refractivity contribution in [2.75, 3.05) is 45.9 Å². The molecular weight excluding hydrogens is 304 g/mol. The normalized spacial score (nSPS) is 29.2. The van der Waals surface area contributed by atoms with Gasteiger partial charge in [0.2, 0.25) is 0 Å². The Morgan fingerprint density at radius 2 is 1.71 bits per heavy atom. The molecule has 1 aliphatic carbocycles. The molecule has 2 N–H and O–H groups in total. The first kappa shape index (κ1) is 18.6. The van der Waals surface area contributed by atoms with E-state index in [0.29, 0.717) is 12.5 Å². The molecule has 0 bridgehead atoms. The molecule has 2 aliphatic heterocycles. The number of aliphatic hydroxyl groups is 2. The minimum absolute atomic E-state index is 0.392. The van der Waals surface area contributed by atoms with Gasteiger partial charge in [-0.2, -0.15) is 0 Å². The third kappa shape index (κ3) is 5.40. The topological polar surface area (TPSA) is 56.2 Å². The minimum atomic E-state index is -0.609. The van der Waals surface area contributed by atoms with E-state index < -0.39 is 11.7 Å². The number of hydrogen-bond donors (Lipinski definition) is 2. The molecule has 3 fully saturated rings. The van der Waals surface area contributed by atoms with Crippen LogP contribution in [-0.2, 0) is 4.74 Å². The standard InChI is InChI=1S/C19H36N2O3/c22-18(15-19(23)7-2-1-3-8-19)16-20-10-5-17(6-11-20)21-9-4-13-24-14-12-21/h17-18,22-23H,1-16H2. The fourth-order valence-corrected chi connectivity index (χ4v) is 4.81. The summed E-state index contributed by atoms with van der Waals surface area (Å²) in [5.74, 6) is 0. The van der Waals surface area contributed by atoms with Gasteiger partial charge in [-0.05, 0) is 45.2 Å². The summed E-state index contributed by atoms with van der Waals surface area (Å²) < 4.78 is 5.56. The van der Waals surface area contributed by atoms with E-state index in [1.807, 2.05) is 0 Å². The number of piperidine rings is 1. The van der Waals surface area contributed by atoms with Gasteiger partial charge in [0.25, 0.3) is 0 Å². The maximum atomic E-state index is 10.6. The Hall–Kier alpha value is -0.200. The molecule has 3 aliphatic rings. The van der Waals surface area contributed by atoms with E-state index >= 15 is 0 Å². The maximum Gasteiger partial charge on any atom is 0.0694 e. The molecule has 3 rings (SSSR count). The Morgan fingerprint density at radius 3 is 2.46 bits per heavy atom. The van der Waals surface area contributed by atoms with E-state index in [0.717, 1.165) is 71.5 Å². The highest BCUT2D eigenvalue weighted by Crippen LogP contribution is 2.32. The molecule has 0 aromatic heterocycles. The molecule has 0 spiro atoms. The average Bonchev–Trinajstić information content (AvgIpc) is 2.85. The molecule has 140 valence electrons. The highest BCUT2D eigenvalue weighted by molar-refractivity contribution is 4.87. The van der Waals surface area contributed by atoms with Gasteiger partial charge in [0.15, 0.2) is 0 Å². The van der Waals surface area contributed by atoms with Gasteiger partial charge in [0.1, 0.15) is 0 Å². The Bertz CT molecular complexity index is 358. The SMILES string of the molecule is OC(CN1CCC(N2CCCOCC2)CC1)CC1(O)CCCCC1. The third-order valence-corrected chi connectivity index (χ3v) is 6.20. The van der Waals surface area contributed by atoms with Crippen LogP contribution >= 0.6 is 0 Å². The van der Waals surface area contributed by atoms with Crippen molar-refractivity contribution in [1.29, 1.82) is 0 Å². The van der Waals surface area contributed by atoms with Crippen LogP contribution in [0.5, 0.6) is 0 Å². The smallest absolute Gasteiger partial charge is 0.0694 e. The van der Waals surface area contributed by atoms with Gasteiger partial charge in [-0.3, -0.25) is 4.90 Å². The van der Waals surface area contributed by atoms with Gasteiger partial charge in [0, 0.05) is 38.7 Å². The Balaban J connectivity index is 1.38. The van der Waals surface area contributed by atoms with Crippen LogP contribution in [0.3, 0.4) is 0 Å². The first-order valence-electron chi connectivity index (χ1n) is 10.1. The second-order valence-corrected chi connectivity index (χ2v) is 8.18. The zero-order valence-electron chi connectivity index (χ0n) is 15.2. The lowest BCUT2D eigenvalue weighted by Crippen LogP contribution is -2.48. The molecule has 5 heteroatoms. The van der Waals surface area contributed by atoms with Crippen molar-refractivity contribution in [2.24, 2.45) is 0 Å². The highest BCUT2D eigenvalue weighted by atomic mass is 16.5. The van der Waals surface area contributed by atoms with Crippen LogP contribution < -0.4 is 0 Å². The first-order chi connectivity index (χ1) is 11.6. The summed E-state index contributed by atoms with van der Waals surface area (Å²) in [6.45, 7) is 6.87. The number of hydrogen-bond acceptors (Lipinski definition) is 5. The number of ether oxygens (including phenoxy) is 1. The van der Waals surface area contributed by atoms with E-state index in [1.54, 1.807) is 0 Å². The molecule has 0 aromatic rings. The molecule has 1 atom stereocenters. The highest BCUT2D eigenvalue weighted by Gasteiger charge is 2.33. The average molecular weight is 341 g/mol. The van der Waals surface area contributed by atoms with Gasteiger partial charge in [-0.1, -0.05) is 19.3 Å². The summed E-state index contributed by atoms with van der Waals surface area (Å²) in [5, 5.41) is 21.1. The second kappa shape index (κ2) is 8.95. The number of nitrogens with zero attached hydrogens (tertiary/aromatic N) is 2. The van der Waals surface area contributed by atoms with Gasteiger partial charge in [-0.15, -0.1) is 0 Å². The van der Waals surface area contributed by atoms with Crippen molar-refractivity contribution in [3.05, 3.63) is 0 Å². The fraction of sp³-hybridized carbons (Fsp3) is 1.00. The van der Waals surface area contributed by atoms with Crippen LogP contribution in [-0.4, -0.2) is 83.7 Å². The van der Waals surface area contributed by atoms with Crippen molar-refractivity contribution in [3.63, 3.8) is 0 Å². The predicted octanol–water partition coefficient (Wildman–Crippen LogP) is 1.62. The summed E-state index contributed by atoms with van der Waals surface area (Å²) in [5.41, 5.74) is -0.609. The lowest BCUT2D eigenvalue weighted by atomic mass is 9.81. The Morgan fingerprint density at radius 1 is 0.958 bits per heavy atom. The van der Waals surface area contributed by atoms with E-state index in [2.05, 4.69) is 9.80 Å². The minimum Gasteiger partial charge on any atom is -0.392 e. The van der Waals surface area contributed by atoms with E-state index in [1.165, 1.54) is 25.8 Å². The molecule has 24 heavy (non-hydrogen) atoms. The van der Waals surface area contributed by atoms with E-state index in [4.69, 9.17) is 4.74 Å². The van der Waals surface area contributed by atoms with Crippen LogP contribution in [0.1, 0.15) is 57.8 Å². The number of rotatable bonds is 5. The number of likely N-dealkylation sites (tertiary alicyclic amines) is 1. The largest absolute Gasteiger partial charge is 0.392 e. The van der Waals surface area contributed by atoms with Crippen LogP contribution in [0.2, 0.25) is 0 Å². The Kier molecular flexibility index (Phi) is 6.93. The van der Waals surface area contributed by atoms with Crippen molar-refractivity contribution in [3.8, 4) is 0 Å². The van der Waals surface area contributed by atoms with Crippen LogP contribution in [0.25, 0.3) is 0 Å². The summed E-state index contributed by atoms with van der Waals surface area (Å²) in [6, 6.07) is 0.683. The van der Waals surface area contributed by atoms with Gasteiger partial charge < -0.3 is 19.8 Å². The van der Waals surface area contributed by atoms with Gasteiger partial charge in [0.05, 0.1) is 18.3 Å². The molecule has 1 saturated carbocycles. The quantitative estimate of drug-likeness (QED) is 0.796. The lowest BCUT2D eigenvalue weighted by Gasteiger charge is -2.39. The third-order valence-electron chi connectivity index (χ3n) is 6.20.